The molecule has 4 aromatic heterocycles. The van der Waals surface area contributed by atoms with Crippen molar-refractivity contribution in [1.82, 2.24) is 39.7 Å². The van der Waals surface area contributed by atoms with Crippen LogP contribution in [0.15, 0.2) is 55.1 Å². The van der Waals surface area contributed by atoms with Gasteiger partial charge in [-0.1, -0.05) is 6.07 Å². The number of rotatable bonds is 5. The predicted molar refractivity (Wildman–Crippen MR) is 149 cm³/mol. The number of benzene rings is 1. The number of phenolic OH excluding ortho intramolecular Hbond substituents is 1. The summed E-state index contributed by atoms with van der Waals surface area (Å²) >= 11 is 0. The molecule has 0 radical (unpaired) electrons. The first-order chi connectivity index (χ1) is 19.9. The van der Waals surface area contributed by atoms with Gasteiger partial charge in [0.1, 0.15) is 17.9 Å². The third-order valence-corrected chi connectivity index (χ3v) is 8.27. The van der Waals surface area contributed by atoms with Gasteiger partial charge in [0.2, 0.25) is 5.82 Å². The Morgan fingerprint density at radius 3 is 2.39 bits per heavy atom. The largest absolute Gasteiger partial charge is 0.508 e. The van der Waals surface area contributed by atoms with E-state index in [0.29, 0.717) is 29.7 Å². The lowest BCUT2D eigenvalue weighted by molar-refractivity contribution is 0.0556. The lowest BCUT2D eigenvalue weighted by Crippen LogP contribution is -2.46. The van der Waals surface area contributed by atoms with Crippen molar-refractivity contribution in [1.29, 1.82) is 0 Å². The molecule has 41 heavy (non-hydrogen) atoms. The summed E-state index contributed by atoms with van der Waals surface area (Å²) in [6, 6.07) is 10.7. The third-order valence-electron chi connectivity index (χ3n) is 8.27. The van der Waals surface area contributed by atoms with Crippen LogP contribution >= 0.6 is 0 Å². The second kappa shape index (κ2) is 9.51. The number of fused-ring (bicyclic) bond motifs is 3. The van der Waals surface area contributed by atoms with Gasteiger partial charge in [0, 0.05) is 40.9 Å². The number of phenols is 1. The zero-order valence-corrected chi connectivity index (χ0v) is 22.2. The molecule has 5 aromatic rings. The minimum Gasteiger partial charge on any atom is -0.508 e. The molecular weight excluding hydrogens is 522 g/mol. The van der Waals surface area contributed by atoms with E-state index < -0.39 is 0 Å². The van der Waals surface area contributed by atoms with Crippen LogP contribution < -0.4 is 5.73 Å². The summed E-state index contributed by atoms with van der Waals surface area (Å²) in [6.45, 7) is 1.50. The number of nitrogens with two attached hydrogens (primary N) is 1. The van der Waals surface area contributed by atoms with Crippen molar-refractivity contribution < 1.29 is 14.7 Å². The fraction of sp³-hybridized carbons (Fsp3) is 0.276. The van der Waals surface area contributed by atoms with Crippen molar-refractivity contribution >= 4 is 23.2 Å². The minimum absolute atomic E-state index is 0.0106. The molecule has 0 aliphatic carbocycles. The normalized spacial score (nSPS) is 20.0. The standard InChI is InChI=1S/C29H27N9O3/c1-15(39)24-25(18-10-19-5-6-20(11-18)37(19)29(41)27-32-14-33-36-27)35-28-22(13-34-38(28)26(24)30)17-4-9-23(31-12-17)16-2-7-21(40)8-3-16/h2-4,7-9,12-14,18-20,40H,5-6,10-11,30H2,1H3,(H,32,33,36)/t18-,19-,20+. The van der Waals surface area contributed by atoms with Gasteiger partial charge in [-0.3, -0.25) is 14.6 Å². The van der Waals surface area contributed by atoms with Gasteiger partial charge in [-0.15, -0.1) is 10.2 Å². The number of anilines is 1. The van der Waals surface area contributed by atoms with Crippen LogP contribution in [0.5, 0.6) is 5.75 Å². The minimum atomic E-state index is -0.170. The zero-order valence-electron chi connectivity index (χ0n) is 22.2. The van der Waals surface area contributed by atoms with E-state index in [4.69, 9.17) is 10.7 Å². The molecule has 0 spiro atoms. The lowest BCUT2D eigenvalue weighted by Gasteiger charge is -2.38. The monoisotopic (exact) mass is 549 g/mol. The average molecular weight is 550 g/mol. The summed E-state index contributed by atoms with van der Waals surface area (Å²) < 4.78 is 1.51. The first-order valence-corrected chi connectivity index (χ1v) is 13.5. The number of hydrogen-bond acceptors (Lipinski definition) is 9. The first kappa shape index (κ1) is 24.9. The summed E-state index contributed by atoms with van der Waals surface area (Å²) in [5.41, 5.74) is 11.4. The number of nitrogens with zero attached hydrogens (tertiary/aromatic N) is 7. The number of piperidine rings is 1. The van der Waals surface area contributed by atoms with Crippen LogP contribution in [0.25, 0.3) is 28.0 Å². The van der Waals surface area contributed by atoms with E-state index in [1.54, 1.807) is 24.5 Å². The van der Waals surface area contributed by atoms with Crippen molar-refractivity contribution in [3.8, 4) is 28.1 Å². The Balaban J connectivity index is 1.25. The Morgan fingerprint density at radius 2 is 1.76 bits per heavy atom. The number of carbonyl (C=O) groups excluding carboxylic acids is 2. The number of aromatic nitrogens is 7. The molecule has 4 N–H and O–H groups in total. The molecule has 12 heteroatoms. The van der Waals surface area contributed by atoms with E-state index in [0.717, 1.165) is 35.2 Å². The molecule has 2 saturated heterocycles. The van der Waals surface area contributed by atoms with Gasteiger partial charge in [0.25, 0.3) is 5.91 Å². The highest BCUT2D eigenvalue weighted by Crippen LogP contribution is 2.45. The van der Waals surface area contributed by atoms with E-state index >= 15 is 0 Å². The maximum absolute atomic E-state index is 13.1. The molecule has 0 saturated carbocycles. The van der Waals surface area contributed by atoms with Gasteiger partial charge < -0.3 is 20.7 Å². The number of nitrogens with one attached hydrogen (secondary N) is 1. The number of carbonyl (C=O) groups is 2. The van der Waals surface area contributed by atoms with Gasteiger partial charge in [0.15, 0.2) is 11.4 Å². The number of pyridine rings is 1. The predicted octanol–water partition coefficient (Wildman–Crippen LogP) is 3.62. The molecule has 2 fully saturated rings. The van der Waals surface area contributed by atoms with E-state index in [1.807, 2.05) is 29.2 Å². The van der Waals surface area contributed by atoms with Gasteiger partial charge in [0.05, 0.1) is 23.1 Å². The number of amides is 1. The summed E-state index contributed by atoms with van der Waals surface area (Å²) in [4.78, 5) is 40.4. The van der Waals surface area contributed by atoms with Crippen LogP contribution in [0.4, 0.5) is 5.82 Å². The average Bonchev–Trinajstić information content (AvgIpc) is 3.71. The molecule has 1 aromatic carbocycles. The van der Waals surface area contributed by atoms with Crippen LogP contribution in [0.2, 0.25) is 0 Å². The van der Waals surface area contributed by atoms with E-state index in [1.165, 1.54) is 17.8 Å². The maximum Gasteiger partial charge on any atom is 0.292 e. The van der Waals surface area contributed by atoms with E-state index in [-0.39, 0.29) is 47.1 Å². The van der Waals surface area contributed by atoms with Crippen molar-refractivity contribution in [2.75, 3.05) is 5.73 Å². The summed E-state index contributed by atoms with van der Waals surface area (Å²) in [6.07, 6.45) is 7.95. The summed E-state index contributed by atoms with van der Waals surface area (Å²) in [7, 11) is 0. The highest BCUT2D eigenvalue weighted by Gasteiger charge is 2.45. The number of aromatic amines is 1. The highest BCUT2D eigenvalue weighted by molar-refractivity contribution is 6.00. The van der Waals surface area contributed by atoms with Crippen molar-refractivity contribution in [3.63, 3.8) is 0 Å². The zero-order chi connectivity index (χ0) is 28.2. The Bertz CT molecular complexity index is 1770. The fourth-order valence-corrected chi connectivity index (χ4v) is 6.41. The van der Waals surface area contributed by atoms with Gasteiger partial charge >= 0.3 is 0 Å². The highest BCUT2D eigenvalue weighted by atomic mass is 16.3. The fourth-order valence-electron chi connectivity index (χ4n) is 6.41. The Kier molecular flexibility index (Phi) is 5.77. The molecule has 2 aliphatic heterocycles. The van der Waals surface area contributed by atoms with Crippen LogP contribution in [0.1, 0.15) is 65.2 Å². The number of hydrogen-bond donors (Lipinski definition) is 3. The number of Topliss-reactive ketones (excluding diaryl/α,β-unsaturated/α-hetero) is 1. The maximum atomic E-state index is 13.1. The number of H-pyrrole nitrogens is 1. The molecule has 7 rings (SSSR count). The Labute approximate surface area is 234 Å². The van der Waals surface area contributed by atoms with Gasteiger partial charge in [-0.2, -0.15) is 9.61 Å². The van der Waals surface area contributed by atoms with Crippen LogP contribution in [-0.2, 0) is 0 Å². The van der Waals surface area contributed by atoms with Crippen molar-refractivity contribution in [2.24, 2.45) is 0 Å². The summed E-state index contributed by atoms with van der Waals surface area (Å²) in [5, 5.41) is 21.7. The van der Waals surface area contributed by atoms with Crippen molar-refractivity contribution in [3.05, 3.63) is 72.2 Å². The van der Waals surface area contributed by atoms with Crippen LogP contribution in [-0.4, -0.2) is 68.5 Å². The topological polar surface area (TPSA) is 168 Å². The van der Waals surface area contributed by atoms with Crippen LogP contribution in [0, 0.1) is 0 Å². The molecule has 1 amide bonds. The summed E-state index contributed by atoms with van der Waals surface area (Å²) in [5.74, 6) is 0.324. The molecule has 12 nitrogen and oxygen atoms in total. The van der Waals surface area contributed by atoms with Crippen LogP contribution in [0.3, 0.4) is 0 Å². The quantitative estimate of drug-likeness (QED) is 0.277. The molecule has 2 aliphatic rings. The molecule has 206 valence electrons. The molecule has 2 bridgehead atoms. The number of nitrogen functional groups attached to an aromatic ring is 1. The van der Waals surface area contributed by atoms with E-state index in [9.17, 15) is 14.7 Å². The smallest absolute Gasteiger partial charge is 0.292 e. The second-order valence-electron chi connectivity index (χ2n) is 10.7. The Morgan fingerprint density at radius 1 is 1.02 bits per heavy atom. The number of ketones is 1. The number of aromatic hydroxyl groups is 1. The Hall–Kier alpha value is -5.13. The van der Waals surface area contributed by atoms with Crippen molar-refractivity contribution in [2.45, 2.75) is 50.6 Å². The third kappa shape index (κ3) is 4.10. The lowest BCUT2D eigenvalue weighted by atomic mass is 9.85. The van der Waals surface area contributed by atoms with Gasteiger partial charge in [-0.25, -0.2) is 4.98 Å². The first-order valence-electron chi connectivity index (χ1n) is 13.5. The SMILES string of the molecule is CC(=O)c1c([C@@H]2C[C@H]3CC[C@@H](C2)N3C(=O)c2nnc[nH]2)nc2c(-c3ccc(-c4ccc(O)cc4)nc3)cnn2c1N. The molecule has 6 heterocycles. The molecule has 3 atom stereocenters. The molecule has 0 unspecified atom stereocenters. The van der Waals surface area contributed by atoms with Gasteiger partial charge in [-0.05, 0) is 62.9 Å². The molecular formula is C29H27N9O3. The van der Waals surface area contributed by atoms with E-state index in [2.05, 4.69) is 25.3 Å². The second-order valence-corrected chi connectivity index (χ2v) is 10.7.